The molecule has 2 N–H and O–H groups in total. The van der Waals surface area contributed by atoms with E-state index in [0.29, 0.717) is 0 Å². The normalized spacial score (nSPS) is 10.7. The van der Waals surface area contributed by atoms with Gasteiger partial charge in [-0.25, -0.2) is 13.2 Å². The van der Waals surface area contributed by atoms with Crippen LogP contribution < -0.4 is 9.46 Å². The fourth-order valence-electron chi connectivity index (χ4n) is 1.34. The highest BCUT2D eigenvalue weighted by Crippen LogP contribution is 2.22. The number of nitrogens with zero attached hydrogens (tertiary/aromatic N) is 1. The maximum Gasteiger partial charge on any atom is 0.339 e. The van der Waals surface area contributed by atoms with Crippen LogP contribution in [-0.4, -0.2) is 32.6 Å². The van der Waals surface area contributed by atoms with E-state index in [1.807, 2.05) is 4.72 Å². The quantitative estimate of drug-likeness (QED) is 0.738. The van der Waals surface area contributed by atoms with E-state index in [0.717, 1.165) is 6.07 Å². The molecule has 0 aliphatic carbocycles. The van der Waals surface area contributed by atoms with Gasteiger partial charge in [0.25, 0.3) is 0 Å². The smallest absolute Gasteiger partial charge is 0.339 e. The maximum atomic E-state index is 11.7. The van der Waals surface area contributed by atoms with Crippen molar-refractivity contribution >= 4 is 16.0 Å². The summed E-state index contributed by atoms with van der Waals surface area (Å²) >= 11 is 0. The fourth-order valence-corrected chi connectivity index (χ4v) is 2.28. The highest BCUT2D eigenvalue weighted by molar-refractivity contribution is 7.89. The van der Waals surface area contributed by atoms with Crippen LogP contribution in [0.1, 0.15) is 17.3 Å². The molecule has 0 saturated carbocycles. The van der Waals surface area contributed by atoms with Crippen molar-refractivity contribution in [3.05, 3.63) is 23.8 Å². The first-order valence-corrected chi connectivity index (χ1v) is 6.77. The van der Waals surface area contributed by atoms with Crippen molar-refractivity contribution in [1.29, 1.82) is 5.26 Å². The molecule has 19 heavy (non-hydrogen) atoms. The summed E-state index contributed by atoms with van der Waals surface area (Å²) in [5, 5.41) is 17.4. The van der Waals surface area contributed by atoms with Gasteiger partial charge in [-0.1, -0.05) is 0 Å². The van der Waals surface area contributed by atoms with Crippen molar-refractivity contribution in [2.45, 2.75) is 11.8 Å². The second-order valence-corrected chi connectivity index (χ2v) is 5.15. The van der Waals surface area contributed by atoms with Crippen LogP contribution in [0.4, 0.5) is 0 Å². The number of carboxylic acids is 1. The van der Waals surface area contributed by atoms with Crippen molar-refractivity contribution in [2.75, 3.05) is 13.2 Å². The number of hydrogen-bond acceptors (Lipinski definition) is 5. The summed E-state index contributed by atoms with van der Waals surface area (Å²) < 4.78 is 30.6. The number of carbonyl (C=O) groups is 1. The second-order valence-electron chi connectivity index (χ2n) is 3.38. The van der Waals surface area contributed by atoms with Crippen LogP contribution in [0.3, 0.4) is 0 Å². The monoisotopic (exact) mass is 284 g/mol. The van der Waals surface area contributed by atoms with E-state index in [1.54, 1.807) is 13.0 Å². The molecule has 0 spiro atoms. The molecule has 0 heterocycles. The van der Waals surface area contributed by atoms with Crippen LogP contribution in [0, 0.1) is 11.3 Å². The van der Waals surface area contributed by atoms with E-state index in [9.17, 15) is 13.2 Å². The lowest BCUT2D eigenvalue weighted by Gasteiger charge is -2.09. The van der Waals surface area contributed by atoms with Gasteiger partial charge in [0.15, 0.2) is 0 Å². The first-order chi connectivity index (χ1) is 8.92. The third kappa shape index (κ3) is 3.67. The maximum absolute atomic E-state index is 11.7. The summed E-state index contributed by atoms with van der Waals surface area (Å²) in [6.07, 6.45) is 0. The molecule has 0 radical (unpaired) electrons. The lowest BCUT2D eigenvalue weighted by Crippen LogP contribution is -2.24. The van der Waals surface area contributed by atoms with Gasteiger partial charge in [0.1, 0.15) is 11.3 Å². The second kappa shape index (κ2) is 6.17. The summed E-state index contributed by atoms with van der Waals surface area (Å²) in [4.78, 5) is 10.8. The lowest BCUT2D eigenvalue weighted by atomic mass is 10.2. The predicted octanol–water partition coefficient (Wildman–Crippen LogP) is 0.585. The average Bonchev–Trinajstić information content (AvgIpc) is 2.37. The third-order valence-corrected chi connectivity index (χ3v) is 3.53. The molecule has 7 nitrogen and oxygen atoms in total. The summed E-state index contributed by atoms with van der Waals surface area (Å²) in [5.41, 5.74) is -0.248. The van der Waals surface area contributed by atoms with Crippen molar-refractivity contribution in [2.24, 2.45) is 0 Å². The molecular weight excluding hydrogens is 272 g/mol. The Bertz CT molecular complexity index is 618. The average molecular weight is 284 g/mol. The van der Waals surface area contributed by atoms with Crippen molar-refractivity contribution in [1.82, 2.24) is 4.72 Å². The Morgan fingerprint density at radius 1 is 1.53 bits per heavy atom. The van der Waals surface area contributed by atoms with Gasteiger partial charge >= 0.3 is 5.97 Å². The van der Waals surface area contributed by atoms with Gasteiger partial charge < -0.3 is 9.84 Å². The van der Waals surface area contributed by atoms with E-state index in [4.69, 9.17) is 15.1 Å². The summed E-state index contributed by atoms with van der Waals surface area (Å²) in [7, 11) is -3.90. The number of nitriles is 1. The summed E-state index contributed by atoms with van der Waals surface area (Å²) in [5.74, 6) is -1.20. The van der Waals surface area contributed by atoms with Gasteiger partial charge in [-0.2, -0.15) is 9.98 Å². The standard InChI is InChI=1S/C11H12N2O5S/c1-2-18-10-4-3-8(7-9(10)11(14)15)19(16,17)13-6-5-12/h3-4,7,13H,2,6H2,1H3,(H,14,15). The van der Waals surface area contributed by atoms with E-state index in [1.165, 1.54) is 12.1 Å². The minimum Gasteiger partial charge on any atom is -0.493 e. The zero-order valence-corrected chi connectivity index (χ0v) is 10.9. The molecule has 0 amide bonds. The molecular formula is C11H12N2O5S. The number of hydrogen-bond donors (Lipinski definition) is 2. The van der Waals surface area contributed by atoms with Gasteiger partial charge in [-0.15, -0.1) is 0 Å². The third-order valence-electron chi connectivity index (χ3n) is 2.13. The van der Waals surface area contributed by atoms with Crippen LogP contribution >= 0.6 is 0 Å². The molecule has 0 aromatic heterocycles. The Morgan fingerprint density at radius 2 is 2.21 bits per heavy atom. The number of benzene rings is 1. The van der Waals surface area contributed by atoms with Crippen LogP contribution in [0.15, 0.2) is 23.1 Å². The van der Waals surface area contributed by atoms with Crippen LogP contribution in [0.2, 0.25) is 0 Å². The Hall–Kier alpha value is -2.11. The number of rotatable bonds is 6. The molecule has 0 saturated heterocycles. The van der Waals surface area contributed by atoms with Crippen molar-refractivity contribution < 1.29 is 23.1 Å². The minimum absolute atomic E-state index is 0.0919. The molecule has 1 rings (SSSR count). The van der Waals surface area contributed by atoms with E-state index < -0.39 is 22.5 Å². The molecule has 102 valence electrons. The SMILES string of the molecule is CCOc1ccc(S(=O)(=O)NCC#N)cc1C(=O)O. The number of sulfonamides is 1. The van der Waals surface area contributed by atoms with E-state index in [-0.39, 0.29) is 22.8 Å². The molecule has 0 atom stereocenters. The highest BCUT2D eigenvalue weighted by Gasteiger charge is 2.19. The van der Waals surface area contributed by atoms with Crippen molar-refractivity contribution in [3.8, 4) is 11.8 Å². The number of aromatic carboxylic acids is 1. The zero-order chi connectivity index (χ0) is 14.5. The van der Waals surface area contributed by atoms with Gasteiger partial charge in [0, 0.05) is 0 Å². The van der Waals surface area contributed by atoms with Crippen LogP contribution in [0.5, 0.6) is 5.75 Å². The minimum atomic E-state index is -3.90. The first kappa shape index (κ1) is 14.9. The molecule has 1 aromatic carbocycles. The molecule has 0 unspecified atom stereocenters. The molecule has 1 aromatic rings. The van der Waals surface area contributed by atoms with Crippen LogP contribution in [0.25, 0.3) is 0 Å². The predicted molar refractivity (Wildman–Crippen MR) is 65.4 cm³/mol. The zero-order valence-electron chi connectivity index (χ0n) is 10.1. The number of nitrogens with one attached hydrogen (secondary N) is 1. The van der Waals surface area contributed by atoms with Gasteiger partial charge in [-0.3, -0.25) is 0 Å². The van der Waals surface area contributed by atoms with Gasteiger partial charge in [-0.05, 0) is 25.1 Å². The molecule has 0 bridgehead atoms. The largest absolute Gasteiger partial charge is 0.493 e. The topological polar surface area (TPSA) is 116 Å². The molecule has 0 aliphatic rings. The Balaban J connectivity index is 3.23. The van der Waals surface area contributed by atoms with Gasteiger partial charge in [0.05, 0.1) is 24.1 Å². The Kier molecular flexibility index (Phi) is 4.86. The summed E-state index contributed by atoms with van der Waals surface area (Å²) in [6.45, 7) is 1.56. The summed E-state index contributed by atoms with van der Waals surface area (Å²) in [6, 6.07) is 5.12. The molecule has 0 fully saturated rings. The fraction of sp³-hybridized carbons (Fsp3) is 0.273. The number of ether oxygens (including phenoxy) is 1. The first-order valence-electron chi connectivity index (χ1n) is 5.29. The van der Waals surface area contributed by atoms with Crippen molar-refractivity contribution in [3.63, 3.8) is 0 Å². The number of carboxylic acid groups (broad SMARTS) is 1. The highest BCUT2D eigenvalue weighted by atomic mass is 32.2. The Labute approximate surface area is 110 Å². The van der Waals surface area contributed by atoms with Crippen LogP contribution in [-0.2, 0) is 10.0 Å². The lowest BCUT2D eigenvalue weighted by molar-refractivity contribution is 0.0692. The van der Waals surface area contributed by atoms with E-state index in [2.05, 4.69) is 0 Å². The molecule has 0 aliphatic heterocycles. The van der Waals surface area contributed by atoms with Gasteiger partial charge in [0.2, 0.25) is 10.0 Å². The van der Waals surface area contributed by atoms with E-state index >= 15 is 0 Å². The Morgan fingerprint density at radius 3 is 2.74 bits per heavy atom. The molecule has 8 heteroatoms.